The van der Waals surface area contributed by atoms with Crippen LogP contribution in [-0.4, -0.2) is 7.11 Å². The Bertz CT molecular complexity index is 534. The number of nitrogens with two attached hydrogens (primary N) is 1. The topological polar surface area (TPSA) is 35.2 Å². The number of hydrogen-bond donors (Lipinski definition) is 1. The molecule has 2 aromatic carbocycles. The molecular weight excluding hydrogens is 246 g/mol. The van der Waals surface area contributed by atoms with Crippen molar-refractivity contribution in [1.29, 1.82) is 0 Å². The second-order valence-corrected chi connectivity index (χ2v) is 4.88. The molecule has 2 aromatic rings. The molecule has 3 heteroatoms. The van der Waals surface area contributed by atoms with Crippen LogP contribution in [-0.2, 0) is 5.54 Å². The van der Waals surface area contributed by atoms with E-state index in [1.807, 2.05) is 55.5 Å². The van der Waals surface area contributed by atoms with E-state index in [-0.39, 0.29) is 0 Å². The van der Waals surface area contributed by atoms with E-state index in [4.69, 9.17) is 22.1 Å². The molecule has 2 nitrogen and oxygen atoms in total. The van der Waals surface area contributed by atoms with Crippen LogP contribution in [0.5, 0.6) is 5.75 Å². The van der Waals surface area contributed by atoms with Gasteiger partial charge in [-0.25, -0.2) is 0 Å². The highest BCUT2D eigenvalue weighted by atomic mass is 35.5. The van der Waals surface area contributed by atoms with Crippen LogP contribution in [0.2, 0.25) is 5.02 Å². The quantitative estimate of drug-likeness (QED) is 0.917. The Morgan fingerprint density at radius 3 is 2.33 bits per heavy atom. The van der Waals surface area contributed by atoms with Gasteiger partial charge in [-0.15, -0.1) is 0 Å². The van der Waals surface area contributed by atoms with Crippen molar-refractivity contribution < 1.29 is 4.74 Å². The highest BCUT2D eigenvalue weighted by molar-refractivity contribution is 6.30. The second kappa shape index (κ2) is 5.01. The van der Waals surface area contributed by atoms with E-state index >= 15 is 0 Å². The molecule has 0 heterocycles. The van der Waals surface area contributed by atoms with E-state index in [9.17, 15) is 0 Å². The fourth-order valence-corrected chi connectivity index (χ4v) is 2.03. The van der Waals surface area contributed by atoms with E-state index < -0.39 is 5.54 Å². The highest BCUT2D eigenvalue weighted by Gasteiger charge is 2.23. The molecule has 2 N–H and O–H groups in total. The minimum absolute atomic E-state index is 0.570. The van der Waals surface area contributed by atoms with Gasteiger partial charge in [0.15, 0.2) is 0 Å². The van der Waals surface area contributed by atoms with Gasteiger partial charge in [-0.2, -0.15) is 0 Å². The van der Waals surface area contributed by atoms with Crippen LogP contribution in [0.15, 0.2) is 48.5 Å². The smallest absolute Gasteiger partial charge is 0.119 e. The van der Waals surface area contributed by atoms with Crippen LogP contribution in [0.4, 0.5) is 0 Å². The highest BCUT2D eigenvalue weighted by Crippen LogP contribution is 2.29. The number of methoxy groups -OCH3 is 1. The Labute approximate surface area is 112 Å². The van der Waals surface area contributed by atoms with Gasteiger partial charge in [0, 0.05) is 5.02 Å². The molecule has 0 aliphatic carbocycles. The Morgan fingerprint density at radius 1 is 1.06 bits per heavy atom. The van der Waals surface area contributed by atoms with Crippen molar-refractivity contribution in [2.24, 2.45) is 5.73 Å². The lowest BCUT2D eigenvalue weighted by molar-refractivity contribution is 0.413. The van der Waals surface area contributed by atoms with Crippen LogP contribution >= 0.6 is 11.6 Å². The fourth-order valence-electron chi connectivity index (χ4n) is 1.91. The Balaban J connectivity index is 2.43. The van der Waals surface area contributed by atoms with Gasteiger partial charge in [0.25, 0.3) is 0 Å². The van der Waals surface area contributed by atoms with Crippen LogP contribution in [0.1, 0.15) is 18.1 Å². The lowest BCUT2D eigenvalue weighted by atomic mass is 9.86. The van der Waals surface area contributed by atoms with Gasteiger partial charge in [0.1, 0.15) is 5.75 Å². The molecule has 0 aliphatic rings. The summed E-state index contributed by atoms with van der Waals surface area (Å²) in [4.78, 5) is 0. The largest absolute Gasteiger partial charge is 0.497 e. The third-order valence-electron chi connectivity index (χ3n) is 3.11. The summed E-state index contributed by atoms with van der Waals surface area (Å²) in [6.45, 7) is 1.98. The van der Waals surface area contributed by atoms with Gasteiger partial charge >= 0.3 is 0 Å². The SMILES string of the molecule is COc1cccc(C(C)(N)c2ccc(Cl)cc2)c1. The molecule has 0 bridgehead atoms. The molecular formula is C15H16ClNO. The minimum Gasteiger partial charge on any atom is -0.497 e. The number of benzene rings is 2. The monoisotopic (exact) mass is 261 g/mol. The summed E-state index contributed by atoms with van der Waals surface area (Å²) in [5, 5.41) is 0.709. The van der Waals surface area contributed by atoms with Crippen LogP contribution < -0.4 is 10.5 Å². The molecule has 94 valence electrons. The molecule has 0 aromatic heterocycles. The fraction of sp³-hybridized carbons (Fsp3) is 0.200. The maximum atomic E-state index is 6.43. The Hall–Kier alpha value is -1.51. The zero-order valence-electron chi connectivity index (χ0n) is 10.5. The number of halogens is 1. The van der Waals surface area contributed by atoms with Gasteiger partial charge in [-0.1, -0.05) is 35.9 Å². The molecule has 1 unspecified atom stereocenters. The second-order valence-electron chi connectivity index (χ2n) is 4.44. The predicted octanol–water partition coefficient (Wildman–Crippen LogP) is 3.57. The normalized spacial score (nSPS) is 14.0. The molecule has 0 fully saturated rings. The summed E-state index contributed by atoms with van der Waals surface area (Å²) in [6.07, 6.45) is 0. The van der Waals surface area contributed by atoms with E-state index in [0.717, 1.165) is 16.9 Å². The predicted molar refractivity (Wildman–Crippen MR) is 75.1 cm³/mol. The van der Waals surface area contributed by atoms with Crippen LogP contribution in [0, 0.1) is 0 Å². The summed E-state index contributed by atoms with van der Waals surface area (Å²) in [5.41, 5.74) is 7.88. The third-order valence-corrected chi connectivity index (χ3v) is 3.37. The van der Waals surface area contributed by atoms with E-state index in [1.165, 1.54) is 0 Å². The first-order chi connectivity index (χ1) is 8.54. The zero-order chi connectivity index (χ0) is 13.2. The molecule has 0 spiro atoms. The van der Waals surface area contributed by atoms with E-state index in [2.05, 4.69) is 0 Å². The van der Waals surface area contributed by atoms with Crippen molar-refractivity contribution in [3.63, 3.8) is 0 Å². The van der Waals surface area contributed by atoms with Gasteiger partial charge in [0.05, 0.1) is 12.6 Å². The standard InChI is InChI=1S/C15H16ClNO/c1-15(17,11-6-8-13(16)9-7-11)12-4-3-5-14(10-12)18-2/h3-10H,17H2,1-2H3. The summed E-state index contributed by atoms with van der Waals surface area (Å²) < 4.78 is 5.23. The van der Waals surface area contributed by atoms with Crippen molar-refractivity contribution in [2.75, 3.05) is 7.11 Å². The number of ether oxygens (including phenoxy) is 1. The van der Waals surface area contributed by atoms with E-state index in [0.29, 0.717) is 5.02 Å². The maximum Gasteiger partial charge on any atom is 0.119 e. The minimum atomic E-state index is -0.570. The first-order valence-electron chi connectivity index (χ1n) is 5.73. The van der Waals surface area contributed by atoms with Crippen LogP contribution in [0.3, 0.4) is 0 Å². The Kier molecular flexibility index (Phi) is 3.60. The maximum absolute atomic E-state index is 6.43. The van der Waals surface area contributed by atoms with Gasteiger partial charge < -0.3 is 10.5 Å². The summed E-state index contributed by atoms with van der Waals surface area (Å²) in [7, 11) is 1.65. The van der Waals surface area contributed by atoms with Crippen molar-refractivity contribution >= 4 is 11.6 Å². The van der Waals surface area contributed by atoms with Gasteiger partial charge in [0.2, 0.25) is 0 Å². The van der Waals surface area contributed by atoms with Crippen molar-refractivity contribution in [2.45, 2.75) is 12.5 Å². The average Bonchev–Trinajstić information content (AvgIpc) is 2.39. The van der Waals surface area contributed by atoms with Crippen molar-refractivity contribution in [1.82, 2.24) is 0 Å². The van der Waals surface area contributed by atoms with Crippen LogP contribution in [0.25, 0.3) is 0 Å². The third kappa shape index (κ3) is 2.50. The first kappa shape index (κ1) is 12.9. The average molecular weight is 262 g/mol. The van der Waals surface area contributed by atoms with E-state index in [1.54, 1.807) is 7.11 Å². The molecule has 0 saturated carbocycles. The zero-order valence-corrected chi connectivity index (χ0v) is 11.2. The molecule has 0 amide bonds. The van der Waals surface area contributed by atoms with Crippen molar-refractivity contribution in [3.05, 3.63) is 64.7 Å². The molecule has 1 atom stereocenters. The molecule has 18 heavy (non-hydrogen) atoms. The Morgan fingerprint density at radius 2 is 1.72 bits per heavy atom. The summed E-state index contributed by atoms with van der Waals surface area (Å²) in [6, 6.07) is 15.4. The molecule has 2 rings (SSSR count). The van der Waals surface area contributed by atoms with Gasteiger partial charge in [-0.3, -0.25) is 0 Å². The number of hydrogen-bond acceptors (Lipinski definition) is 2. The van der Waals surface area contributed by atoms with Crippen molar-refractivity contribution in [3.8, 4) is 5.75 Å². The first-order valence-corrected chi connectivity index (χ1v) is 6.11. The lowest BCUT2D eigenvalue weighted by Gasteiger charge is -2.26. The molecule has 0 radical (unpaired) electrons. The lowest BCUT2D eigenvalue weighted by Crippen LogP contribution is -2.34. The summed E-state index contributed by atoms with van der Waals surface area (Å²) in [5.74, 6) is 0.804. The molecule has 0 aliphatic heterocycles. The van der Waals surface area contributed by atoms with Gasteiger partial charge in [-0.05, 0) is 42.3 Å². The number of rotatable bonds is 3. The summed E-state index contributed by atoms with van der Waals surface area (Å²) >= 11 is 5.89. The molecule has 0 saturated heterocycles.